The highest BCUT2D eigenvalue weighted by Crippen LogP contribution is 2.17. The van der Waals surface area contributed by atoms with Gasteiger partial charge in [0, 0.05) is 27.3 Å². The van der Waals surface area contributed by atoms with Gasteiger partial charge >= 0.3 is 0 Å². The van der Waals surface area contributed by atoms with Crippen molar-refractivity contribution in [2.75, 3.05) is 26.0 Å². The Kier molecular flexibility index (Phi) is 2.95. The summed E-state index contributed by atoms with van der Waals surface area (Å²) in [4.78, 5) is 21.4. The third kappa shape index (κ3) is 2.20. The molecule has 0 unspecified atom stereocenters. The van der Waals surface area contributed by atoms with Crippen molar-refractivity contribution in [3.63, 3.8) is 0 Å². The summed E-state index contributed by atoms with van der Waals surface area (Å²) in [5, 5.41) is 3.00. The Bertz CT molecular complexity index is 546. The van der Waals surface area contributed by atoms with Gasteiger partial charge in [-0.05, 0) is 6.07 Å². The number of hydrogen-bond acceptors (Lipinski definition) is 4. The lowest BCUT2D eigenvalue weighted by Gasteiger charge is -2.11. The van der Waals surface area contributed by atoms with Gasteiger partial charge in [0.1, 0.15) is 5.52 Å². The van der Waals surface area contributed by atoms with Crippen molar-refractivity contribution in [3.8, 4) is 0 Å². The monoisotopic (exact) mass is 233 g/mol. The maximum absolute atomic E-state index is 11.5. The van der Waals surface area contributed by atoms with E-state index in [-0.39, 0.29) is 12.5 Å². The first kappa shape index (κ1) is 11.4. The Labute approximate surface area is 99.3 Å². The molecule has 0 saturated heterocycles. The van der Waals surface area contributed by atoms with Crippen LogP contribution in [0.2, 0.25) is 0 Å². The first-order valence-corrected chi connectivity index (χ1v) is 5.29. The van der Waals surface area contributed by atoms with Crippen LogP contribution in [0, 0.1) is 0 Å². The maximum Gasteiger partial charge on any atom is 0.241 e. The SMILES string of the molecule is CN(C)C(=O)CNc1nccc2c1ncn2C. The molecule has 2 aromatic heterocycles. The van der Waals surface area contributed by atoms with Crippen LogP contribution in [0.4, 0.5) is 5.82 Å². The number of fused-ring (bicyclic) bond motifs is 1. The van der Waals surface area contributed by atoms with E-state index in [1.165, 1.54) is 4.90 Å². The molecular formula is C11H15N5O. The van der Waals surface area contributed by atoms with Crippen LogP contribution in [0.15, 0.2) is 18.6 Å². The zero-order chi connectivity index (χ0) is 12.4. The molecule has 0 aromatic carbocycles. The zero-order valence-corrected chi connectivity index (χ0v) is 10.1. The third-order valence-electron chi connectivity index (χ3n) is 2.55. The molecular weight excluding hydrogens is 218 g/mol. The van der Waals surface area contributed by atoms with Crippen molar-refractivity contribution in [2.24, 2.45) is 7.05 Å². The van der Waals surface area contributed by atoms with Crippen molar-refractivity contribution in [1.29, 1.82) is 0 Å². The van der Waals surface area contributed by atoms with E-state index in [2.05, 4.69) is 15.3 Å². The van der Waals surface area contributed by atoms with E-state index in [1.807, 2.05) is 17.7 Å². The molecule has 6 nitrogen and oxygen atoms in total. The quantitative estimate of drug-likeness (QED) is 0.837. The molecule has 1 N–H and O–H groups in total. The van der Waals surface area contributed by atoms with E-state index < -0.39 is 0 Å². The number of aromatic nitrogens is 3. The topological polar surface area (TPSA) is 63.1 Å². The van der Waals surface area contributed by atoms with E-state index >= 15 is 0 Å². The first-order chi connectivity index (χ1) is 8.09. The van der Waals surface area contributed by atoms with Crippen molar-refractivity contribution in [3.05, 3.63) is 18.6 Å². The van der Waals surface area contributed by atoms with E-state index in [9.17, 15) is 4.79 Å². The molecule has 1 amide bonds. The first-order valence-electron chi connectivity index (χ1n) is 5.29. The Morgan fingerprint density at radius 1 is 1.47 bits per heavy atom. The molecule has 17 heavy (non-hydrogen) atoms. The minimum absolute atomic E-state index is 0.000246. The summed E-state index contributed by atoms with van der Waals surface area (Å²) < 4.78 is 1.91. The number of imidazole rings is 1. The highest BCUT2D eigenvalue weighted by atomic mass is 16.2. The van der Waals surface area contributed by atoms with Crippen LogP contribution in [0.3, 0.4) is 0 Å². The number of pyridine rings is 1. The number of aryl methyl sites for hydroxylation is 1. The van der Waals surface area contributed by atoms with Crippen LogP contribution in [-0.4, -0.2) is 46.0 Å². The number of nitrogens with zero attached hydrogens (tertiary/aromatic N) is 4. The van der Waals surface area contributed by atoms with Crippen LogP contribution in [0.5, 0.6) is 0 Å². The summed E-state index contributed by atoms with van der Waals surface area (Å²) in [6.07, 6.45) is 3.43. The Morgan fingerprint density at radius 3 is 2.94 bits per heavy atom. The fourth-order valence-corrected chi connectivity index (χ4v) is 1.51. The summed E-state index contributed by atoms with van der Waals surface area (Å²) in [5.41, 5.74) is 1.77. The molecule has 0 atom stereocenters. The number of amides is 1. The fourth-order valence-electron chi connectivity index (χ4n) is 1.51. The van der Waals surface area contributed by atoms with Gasteiger partial charge in [-0.1, -0.05) is 0 Å². The average Bonchev–Trinajstić information content (AvgIpc) is 2.69. The van der Waals surface area contributed by atoms with Crippen LogP contribution in [-0.2, 0) is 11.8 Å². The highest BCUT2D eigenvalue weighted by Gasteiger charge is 2.08. The normalized spacial score (nSPS) is 10.5. The minimum Gasteiger partial charge on any atom is -0.359 e. The summed E-state index contributed by atoms with van der Waals surface area (Å²) in [7, 11) is 5.36. The van der Waals surface area contributed by atoms with Gasteiger partial charge < -0.3 is 14.8 Å². The lowest BCUT2D eigenvalue weighted by atomic mass is 10.3. The summed E-state index contributed by atoms with van der Waals surface area (Å²) in [5.74, 6) is 0.637. The molecule has 2 aromatic rings. The lowest BCUT2D eigenvalue weighted by molar-refractivity contribution is -0.126. The molecule has 0 fully saturated rings. The van der Waals surface area contributed by atoms with Crippen LogP contribution in [0.25, 0.3) is 11.0 Å². The minimum atomic E-state index is -0.000246. The van der Waals surface area contributed by atoms with Crippen molar-refractivity contribution < 1.29 is 4.79 Å². The molecule has 90 valence electrons. The van der Waals surface area contributed by atoms with Gasteiger partial charge in [0.25, 0.3) is 0 Å². The molecule has 2 rings (SSSR count). The number of carbonyl (C=O) groups is 1. The molecule has 0 saturated carbocycles. The zero-order valence-electron chi connectivity index (χ0n) is 10.1. The molecule has 0 aliphatic heterocycles. The molecule has 0 bridgehead atoms. The summed E-state index contributed by atoms with van der Waals surface area (Å²) in [6.45, 7) is 0.218. The molecule has 2 heterocycles. The fraction of sp³-hybridized carbons (Fsp3) is 0.364. The average molecular weight is 233 g/mol. The largest absolute Gasteiger partial charge is 0.359 e. The number of rotatable bonds is 3. The van der Waals surface area contributed by atoms with E-state index in [1.54, 1.807) is 26.6 Å². The van der Waals surface area contributed by atoms with Gasteiger partial charge in [-0.15, -0.1) is 0 Å². The number of anilines is 1. The van der Waals surface area contributed by atoms with Gasteiger partial charge in [0.15, 0.2) is 5.82 Å². The van der Waals surface area contributed by atoms with E-state index in [0.717, 1.165) is 11.0 Å². The van der Waals surface area contributed by atoms with Gasteiger partial charge in [0.2, 0.25) is 5.91 Å². The second kappa shape index (κ2) is 4.40. The predicted octanol–water partition coefficient (Wildman–Crippen LogP) is 0.468. The second-order valence-corrected chi connectivity index (χ2v) is 4.02. The van der Waals surface area contributed by atoms with Gasteiger partial charge in [-0.25, -0.2) is 9.97 Å². The Morgan fingerprint density at radius 2 is 2.24 bits per heavy atom. The highest BCUT2D eigenvalue weighted by molar-refractivity contribution is 5.88. The van der Waals surface area contributed by atoms with Crippen molar-refractivity contribution in [2.45, 2.75) is 0 Å². The Hall–Kier alpha value is -2.11. The number of carbonyl (C=O) groups excluding carboxylic acids is 1. The molecule has 0 radical (unpaired) electrons. The van der Waals surface area contributed by atoms with Crippen molar-refractivity contribution >= 4 is 22.8 Å². The molecule has 0 aliphatic rings. The van der Waals surface area contributed by atoms with Gasteiger partial charge in [-0.3, -0.25) is 4.79 Å². The van der Waals surface area contributed by atoms with Crippen LogP contribution < -0.4 is 5.32 Å². The number of nitrogens with one attached hydrogen (secondary N) is 1. The molecule has 0 aliphatic carbocycles. The van der Waals surface area contributed by atoms with Gasteiger partial charge in [-0.2, -0.15) is 0 Å². The smallest absolute Gasteiger partial charge is 0.241 e. The lowest BCUT2D eigenvalue weighted by Crippen LogP contribution is -2.28. The Balaban J connectivity index is 2.22. The van der Waals surface area contributed by atoms with Crippen molar-refractivity contribution in [1.82, 2.24) is 19.4 Å². The third-order valence-corrected chi connectivity index (χ3v) is 2.55. The maximum atomic E-state index is 11.5. The van der Waals surface area contributed by atoms with E-state index in [0.29, 0.717) is 5.82 Å². The summed E-state index contributed by atoms with van der Waals surface area (Å²) >= 11 is 0. The van der Waals surface area contributed by atoms with E-state index in [4.69, 9.17) is 0 Å². The molecule has 6 heteroatoms. The number of hydrogen-bond donors (Lipinski definition) is 1. The predicted molar refractivity (Wildman–Crippen MR) is 65.7 cm³/mol. The van der Waals surface area contributed by atoms with Crippen LogP contribution in [0.1, 0.15) is 0 Å². The second-order valence-electron chi connectivity index (χ2n) is 4.02. The van der Waals surface area contributed by atoms with Gasteiger partial charge in [0.05, 0.1) is 18.4 Å². The molecule has 0 spiro atoms. The summed E-state index contributed by atoms with van der Waals surface area (Å²) in [6, 6.07) is 1.89. The van der Waals surface area contributed by atoms with Crippen LogP contribution >= 0.6 is 0 Å². The number of likely N-dealkylation sites (N-methyl/N-ethyl adjacent to an activating group) is 1. The standard InChI is InChI=1S/C11H15N5O/c1-15(2)9(17)6-13-11-10-8(4-5-12-11)16(3)7-14-10/h4-5,7H,6H2,1-3H3,(H,12,13).